The predicted molar refractivity (Wildman–Crippen MR) is 60.9 cm³/mol. The van der Waals surface area contributed by atoms with Crippen molar-refractivity contribution in [3.05, 3.63) is 0 Å². The Bertz CT molecular complexity index is 313. The summed E-state index contributed by atoms with van der Waals surface area (Å²) in [4.78, 5) is 0. The topological polar surface area (TPSA) is 114 Å². The Morgan fingerprint density at radius 2 is 2.19 bits per heavy atom. The maximum absolute atomic E-state index is 11.3. The van der Waals surface area contributed by atoms with Gasteiger partial charge in [0.1, 0.15) is 5.84 Å². The number of hydrogen-bond donors (Lipinski definition) is 3. The summed E-state index contributed by atoms with van der Waals surface area (Å²) in [6, 6.07) is 0. The molecule has 96 valence electrons. The zero-order valence-electron chi connectivity index (χ0n) is 9.51. The van der Waals surface area contributed by atoms with Gasteiger partial charge < -0.3 is 15.7 Å². The molecule has 7 nitrogen and oxygen atoms in total. The zero-order chi connectivity index (χ0) is 12.6. The molecule has 16 heavy (non-hydrogen) atoms. The van der Waals surface area contributed by atoms with Crippen molar-refractivity contribution in [2.45, 2.75) is 26.4 Å². The molecule has 0 aromatic carbocycles. The molecule has 0 aliphatic heterocycles. The first-order valence-corrected chi connectivity index (χ1v) is 6.58. The summed E-state index contributed by atoms with van der Waals surface area (Å²) in [6.07, 6.45) is 0.174. The van der Waals surface area contributed by atoms with Crippen molar-refractivity contribution >= 4 is 15.9 Å². The van der Waals surface area contributed by atoms with Crippen LogP contribution in [0.15, 0.2) is 5.16 Å². The SMILES string of the molecule is CC(C)OCCS(=O)(=O)NCCC(N)=NO. The summed E-state index contributed by atoms with van der Waals surface area (Å²) in [5, 5.41) is 11.0. The second-order valence-electron chi connectivity index (χ2n) is 3.47. The van der Waals surface area contributed by atoms with Crippen LogP contribution < -0.4 is 10.5 Å². The third-order valence-corrected chi connectivity index (χ3v) is 2.98. The number of nitrogens with two attached hydrogens (primary N) is 1. The molecule has 0 saturated carbocycles. The van der Waals surface area contributed by atoms with Crippen LogP contribution in [0.2, 0.25) is 0 Å². The molecule has 0 aromatic heterocycles. The van der Waals surface area contributed by atoms with E-state index in [9.17, 15) is 8.42 Å². The van der Waals surface area contributed by atoms with Crippen molar-refractivity contribution in [3.8, 4) is 0 Å². The highest BCUT2D eigenvalue weighted by Gasteiger charge is 2.10. The van der Waals surface area contributed by atoms with Crippen LogP contribution in [0.5, 0.6) is 0 Å². The van der Waals surface area contributed by atoms with E-state index >= 15 is 0 Å². The number of ether oxygens (including phenoxy) is 1. The smallest absolute Gasteiger partial charge is 0.213 e. The van der Waals surface area contributed by atoms with Crippen LogP contribution in [-0.4, -0.2) is 44.5 Å². The first kappa shape index (κ1) is 15.1. The van der Waals surface area contributed by atoms with E-state index in [-0.39, 0.29) is 37.3 Å². The third kappa shape index (κ3) is 8.45. The molecular formula is C8H19N3O4S. The molecule has 0 radical (unpaired) electrons. The van der Waals surface area contributed by atoms with Gasteiger partial charge in [0.2, 0.25) is 10.0 Å². The largest absolute Gasteiger partial charge is 0.409 e. The Labute approximate surface area is 95.7 Å². The summed E-state index contributed by atoms with van der Waals surface area (Å²) >= 11 is 0. The Morgan fingerprint density at radius 1 is 1.56 bits per heavy atom. The molecule has 0 aliphatic rings. The average Bonchev–Trinajstić information content (AvgIpc) is 2.16. The molecule has 0 unspecified atom stereocenters. The summed E-state index contributed by atoms with van der Waals surface area (Å²) in [5.74, 6) is -0.109. The third-order valence-electron chi connectivity index (χ3n) is 1.63. The lowest BCUT2D eigenvalue weighted by atomic mass is 10.4. The lowest BCUT2D eigenvalue weighted by molar-refractivity contribution is 0.0911. The quantitative estimate of drug-likeness (QED) is 0.233. The van der Waals surface area contributed by atoms with Gasteiger partial charge in [0.15, 0.2) is 0 Å². The number of oxime groups is 1. The van der Waals surface area contributed by atoms with E-state index in [0.29, 0.717) is 0 Å². The lowest BCUT2D eigenvalue weighted by Crippen LogP contribution is -2.31. The molecule has 0 amide bonds. The molecule has 0 spiro atoms. The molecule has 0 atom stereocenters. The van der Waals surface area contributed by atoms with E-state index in [1.54, 1.807) is 0 Å². The Morgan fingerprint density at radius 3 is 2.69 bits per heavy atom. The van der Waals surface area contributed by atoms with Crippen LogP contribution in [0.4, 0.5) is 0 Å². The van der Waals surface area contributed by atoms with E-state index < -0.39 is 10.0 Å². The molecule has 0 rings (SSSR count). The average molecular weight is 253 g/mol. The first-order valence-electron chi connectivity index (χ1n) is 4.92. The molecule has 0 aliphatic carbocycles. The van der Waals surface area contributed by atoms with Gasteiger partial charge in [-0.2, -0.15) is 0 Å². The predicted octanol–water partition coefficient (Wildman–Crippen LogP) is -0.533. The summed E-state index contributed by atoms with van der Waals surface area (Å²) in [6.45, 7) is 3.92. The van der Waals surface area contributed by atoms with Gasteiger partial charge in [-0.05, 0) is 13.8 Å². The standard InChI is InChI=1S/C8H19N3O4S/c1-7(2)15-5-6-16(13,14)10-4-3-8(9)11-12/h7,10,12H,3-6H2,1-2H3,(H2,9,11). The minimum absolute atomic E-state index is 0.00682. The van der Waals surface area contributed by atoms with Crippen LogP contribution in [0.1, 0.15) is 20.3 Å². The van der Waals surface area contributed by atoms with Gasteiger partial charge in [-0.15, -0.1) is 0 Å². The maximum Gasteiger partial charge on any atom is 0.213 e. The van der Waals surface area contributed by atoms with Gasteiger partial charge in [-0.25, -0.2) is 13.1 Å². The van der Waals surface area contributed by atoms with Gasteiger partial charge >= 0.3 is 0 Å². The van der Waals surface area contributed by atoms with Crippen molar-refractivity contribution < 1.29 is 18.4 Å². The molecule has 0 heterocycles. The minimum Gasteiger partial charge on any atom is -0.409 e. The number of amidine groups is 1. The molecule has 0 aromatic rings. The van der Waals surface area contributed by atoms with Gasteiger partial charge in [0.05, 0.1) is 18.5 Å². The van der Waals surface area contributed by atoms with Crippen molar-refractivity contribution in [1.29, 1.82) is 0 Å². The Hall–Kier alpha value is -0.860. The Balaban J connectivity index is 3.79. The molecule has 0 fully saturated rings. The van der Waals surface area contributed by atoms with Crippen LogP contribution in [-0.2, 0) is 14.8 Å². The maximum atomic E-state index is 11.3. The van der Waals surface area contributed by atoms with Crippen molar-refractivity contribution in [3.63, 3.8) is 0 Å². The summed E-state index contributed by atoms with van der Waals surface area (Å²) < 4.78 is 30.1. The van der Waals surface area contributed by atoms with Crippen molar-refractivity contribution in [2.75, 3.05) is 18.9 Å². The number of hydrogen-bond acceptors (Lipinski definition) is 5. The normalized spacial score (nSPS) is 13.3. The van der Waals surface area contributed by atoms with Crippen LogP contribution in [0, 0.1) is 0 Å². The molecular weight excluding hydrogens is 234 g/mol. The fourth-order valence-corrected chi connectivity index (χ4v) is 1.72. The molecule has 0 bridgehead atoms. The van der Waals surface area contributed by atoms with Crippen LogP contribution >= 0.6 is 0 Å². The minimum atomic E-state index is -3.35. The highest BCUT2D eigenvalue weighted by atomic mass is 32.2. The van der Waals surface area contributed by atoms with Gasteiger partial charge in [0.25, 0.3) is 0 Å². The van der Waals surface area contributed by atoms with Gasteiger partial charge in [0, 0.05) is 13.0 Å². The van der Waals surface area contributed by atoms with Gasteiger partial charge in [-0.3, -0.25) is 0 Å². The number of nitrogens with one attached hydrogen (secondary N) is 1. The summed E-state index contributed by atoms with van der Waals surface area (Å²) in [5.41, 5.74) is 5.18. The van der Waals surface area contributed by atoms with E-state index in [2.05, 4.69) is 9.88 Å². The number of nitrogens with zero attached hydrogens (tertiary/aromatic N) is 1. The fraction of sp³-hybridized carbons (Fsp3) is 0.875. The lowest BCUT2D eigenvalue weighted by Gasteiger charge is -2.08. The zero-order valence-corrected chi connectivity index (χ0v) is 10.3. The van der Waals surface area contributed by atoms with E-state index in [1.165, 1.54) is 0 Å². The van der Waals surface area contributed by atoms with E-state index in [1.807, 2.05) is 13.8 Å². The van der Waals surface area contributed by atoms with Crippen molar-refractivity contribution in [2.24, 2.45) is 10.9 Å². The molecule has 4 N–H and O–H groups in total. The summed E-state index contributed by atoms with van der Waals surface area (Å²) in [7, 11) is -3.35. The monoisotopic (exact) mass is 253 g/mol. The number of rotatable bonds is 8. The fourth-order valence-electron chi connectivity index (χ4n) is 0.850. The van der Waals surface area contributed by atoms with Crippen LogP contribution in [0.3, 0.4) is 0 Å². The van der Waals surface area contributed by atoms with E-state index in [0.717, 1.165) is 0 Å². The second-order valence-corrected chi connectivity index (χ2v) is 5.40. The van der Waals surface area contributed by atoms with E-state index in [4.69, 9.17) is 15.7 Å². The first-order chi connectivity index (χ1) is 7.37. The Kier molecular flexibility index (Phi) is 7.02. The van der Waals surface area contributed by atoms with Crippen molar-refractivity contribution in [1.82, 2.24) is 4.72 Å². The van der Waals surface area contributed by atoms with Crippen LogP contribution in [0.25, 0.3) is 0 Å². The number of sulfonamides is 1. The highest BCUT2D eigenvalue weighted by molar-refractivity contribution is 7.89. The molecule has 0 saturated heterocycles. The second kappa shape index (κ2) is 7.42. The van der Waals surface area contributed by atoms with Gasteiger partial charge in [-0.1, -0.05) is 5.16 Å². The highest BCUT2D eigenvalue weighted by Crippen LogP contribution is 1.91. The molecule has 8 heteroatoms.